The van der Waals surface area contributed by atoms with Crippen LogP contribution in [0.2, 0.25) is 0 Å². The minimum Gasteiger partial charge on any atom is -0.352 e. The number of aromatic nitrogens is 4. The molecule has 0 saturated carbocycles. The molecule has 0 N–H and O–H groups in total. The zero-order valence-corrected chi connectivity index (χ0v) is 13.9. The third-order valence-corrected chi connectivity index (χ3v) is 5.26. The minimum absolute atomic E-state index is 0.506. The Kier molecular flexibility index (Phi) is 3.91. The molecule has 1 saturated heterocycles. The van der Waals surface area contributed by atoms with Crippen LogP contribution in [0.5, 0.6) is 0 Å². The average molecular weight is 325 g/mol. The van der Waals surface area contributed by atoms with Gasteiger partial charge in [0.1, 0.15) is 5.82 Å². The molecular weight excluding hydrogens is 306 g/mol. The number of thioether (sulfide) groups is 1. The van der Waals surface area contributed by atoms with Crippen LogP contribution < -0.4 is 4.90 Å². The number of hydrogen-bond acceptors (Lipinski definition) is 5. The van der Waals surface area contributed by atoms with Crippen LogP contribution in [0, 0.1) is 0 Å². The Morgan fingerprint density at radius 3 is 2.78 bits per heavy atom. The highest BCUT2D eigenvalue weighted by atomic mass is 32.2. The van der Waals surface area contributed by atoms with E-state index < -0.39 is 0 Å². The van der Waals surface area contributed by atoms with Gasteiger partial charge in [-0.15, -0.1) is 15.3 Å². The van der Waals surface area contributed by atoms with Crippen LogP contribution in [0.1, 0.15) is 13.3 Å². The first-order valence-corrected chi connectivity index (χ1v) is 9.11. The average Bonchev–Trinajstić information content (AvgIpc) is 2.90. The normalized spacial score (nSPS) is 19.0. The lowest BCUT2D eigenvalue weighted by atomic mass is 10.2. The van der Waals surface area contributed by atoms with E-state index in [0.29, 0.717) is 6.04 Å². The van der Waals surface area contributed by atoms with E-state index in [2.05, 4.69) is 28.1 Å². The molecule has 1 unspecified atom stereocenters. The Bertz CT molecular complexity index is 801. The lowest BCUT2D eigenvalue weighted by molar-refractivity contribution is 0.632. The van der Waals surface area contributed by atoms with Crippen molar-refractivity contribution in [1.29, 1.82) is 0 Å². The van der Waals surface area contributed by atoms with Gasteiger partial charge in [-0.2, -0.15) is 16.3 Å². The molecule has 3 heterocycles. The molecule has 118 valence electrons. The molecule has 0 aliphatic carbocycles. The Morgan fingerprint density at radius 2 is 1.91 bits per heavy atom. The highest BCUT2D eigenvalue weighted by Gasteiger charge is 2.20. The van der Waals surface area contributed by atoms with Gasteiger partial charge in [0.25, 0.3) is 0 Å². The highest BCUT2D eigenvalue weighted by molar-refractivity contribution is 7.99. The second-order valence-electron chi connectivity index (χ2n) is 5.79. The fourth-order valence-electron chi connectivity index (χ4n) is 2.94. The van der Waals surface area contributed by atoms with Gasteiger partial charge in [-0.25, -0.2) is 0 Å². The highest BCUT2D eigenvalue weighted by Crippen LogP contribution is 2.23. The van der Waals surface area contributed by atoms with Crippen LogP contribution in [-0.2, 0) is 0 Å². The van der Waals surface area contributed by atoms with Gasteiger partial charge in [-0.3, -0.25) is 0 Å². The predicted molar refractivity (Wildman–Crippen MR) is 95.0 cm³/mol. The molecule has 3 aromatic rings. The van der Waals surface area contributed by atoms with Crippen molar-refractivity contribution < 1.29 is 0 Å². The smallest absolute Gasteiger partial charge is 0.185 e. The minimum atomic E-state index is 0.506. The van der Waals surface area contributed by atoms with Gasteiger partial charge < -0.3 is 4.90 Å². The molecule has 1 aromatic carbocycles. The van der Waals surface area contributed by atoms with E-state index in [1.807, 2.05) is 52.7 Å². The summed E-state index contributed by atoms with van der Waals surface area (Å²) in [5.41, 5.74) is 1.81. The molecule has 2 aromatic heterocycles. The second-order valence-corrected chi connectivity index (χ2v) is 7.02. The number of hydrogen-bond donors (Lipinski definition) is 0. The summed E-state index contributed by atoms with van der Waals surface area (Å²) in [6.45, 7) is 3.31. The molecule has 1 fully saturated rings. The van der Waals surface area contributed by atoms with E-state index in [1.165, 1.54) is 12.2 Å². The van der Waals surface area contributed by atoms with Gasteiger partial charge in [0.2, 0.25) is 0 Å². The third-order valence-electron chi connectivity index (χ3n) is 4.26. The molecule has 0 bridgehead atoms. The SMILES string of the molecule is CC1CCSCCN1c1ccc2nnc(-c3ccccc3)n2n1. The van der Waals surface area contributed by atoms with Crippen molar-refractivity contribution in [2.24, 2.45) is 0 Å². The monoisotopic (exact) mass is 325 g/mol. The molecule has 0 spiro atoms. The molecule has 1 atom stereocenters. The standard InChI is InChI=1S/C17H19N5S/c1-13-9-11-23-12-10-21(13)16-8-7-15-18-19-17(22(15)20-16)14-5-3-2-4-6-14/h2-8,13H,9-12H2,1H3. The number of benzene rings is 1. The maximum Gasteiger partial charge on any atom is 0.185 e. The van der Waals surface area contributed by atoms with E-state index in [-0.39, 0.29) is 0 Å². The summed E-state index contributed by atoms with van der Waals surface area (Å²) in [7, 11) is 0. The van der Waals surface area contributed by atoms with Crippen LogP contribution in [0.4, 0.5) is 5.82 Å². The Hall–Kier alpha value is -2.08. The first kappa shape index (κ1) is 14.5. The van der Waals surface area contributed by atoms with E-state index in [0.717, 1.165) is 35.2 Å². The van der Waals surface area contributed by atoms with Crippen LogP contribution >= 0.6 is 11.8 Å². The van der Waals surface area contributed by atoms with Gasteiger partial charge in [0.15, 0.2) is 11.5 Å². The van der Waals surface area contributed by atoms with Gasteiger partial charge >= 0.3 is 0 Å². The molecule has 23 heavy (non-hydrogen) atoms. The van der Waals surface area contributed by atoms with Crippen LogP contribution in [0.15, 0.2) is 42.5 Å². The van der Waals surface area contributed by atoms with E-state index in [9.17, 15) is 0 Å². The van der Waals surface area contributed by atoms with Crippen molar-refractivity contribution >= 4 is 23.2 Å². The Morgan fingerprint density at radius 1 is 1.04 bits per heavy atom. The summed E-state index contributed by atoms with van der Waals surface area (Å²) in [5.74, 6) is 4.17. The molecule has 4 rings (SSSR count). The summed E-state index contributed by atoms with van der Waals surface area (Å²) in [5, 5.41) is 13.4. The van der Waals surface area contributed by atoms with Gasteiger partial charge in [0, 0.05) is 23.9 Å². The summed E-state index contributed by atoms with van der Waals surface area (Å²) in [6.07, 6.45) is 1.19. The third kappa shape index (κ3) is 2.79. The quantitative estimate of drug-likeness (QED) is 0.724. The van der Waals surface area contributed by atoms with Crippen molar-refractivity contribution in [2.75, 3.05) is 23.0 Å². The Balaban J connectivity index is 1.78. The maximum atomic E-state index is 4.84. The van der Waals surface area contributed by atoms with E-state index in [4.69, 9.17) is 5.10 Å². The summed E-state index contributed by atoms with van der Waals surface area (Å²) >= 11 is 2.02. The van der Waals surface area contributed by atoms with Crippen LogP contribution in [0.3, 0.4) is 0 Å². The number of fused-ring (bicyclic) bond motifs is 1. The first-order valence-electron chi connectivity index (χ1n) is 7.95. The zero-order valence-electron chi connectivity index (χ0n) is 13.1. The molecule has 1 aliphatic rings. The Labute approximate surface area is 139 Å². The van der Waals surface area contributed by atoms with Crippen LogP contribution in [0.25, 0.3) is 17.0 Å². The van der Waals surface area contributed by atoms with Gasteiger partial charge in [-0.1, -0.05) is 30.3 Å². The molecule has 5 nitrogen and oxygen atoms in total. The van der Waals surface area contributed by atoms with Gasteiger partial charge in [-0.05, 0) is 31.2 Å². The lowest BCUT2D eigenvalue weighted by Crippen LogP contribution is -2.34. The first-order chi connectivity index (χ1) is 11.3. The van der Waals surface area contributed by atoms with Crippen LogP contribution in [-0.4, -0.2) is 43.9 Å². The molecular formula is C17H19N5S. The molecule has 0 radical (unpaired) electrons. The lowest BCUT2D eigenvalue weighted by Gasteiger charge is -2.27. The fourth-order valence-corrected chi connectivity index (χ4v) is 3.97. The fraction of sp³-hybridized carbons (Fsp3) is 0.353. The number of nitrogens with zero attached hydrogens (tertiary/aromatic N) is 5. The summed E-state index contributed by atoms with van der Waals surface area (Å²) < 4.78 is 1.86. The van der Waals surface area contributed by atoms with Crippen molar-refractivity contribution in [2.45, 2.75) is 19.4 Å². The van der Waals surface area contributed by atoms with Crippen molar-refractivity contribution in [3.05, 3.63) is 42.5 Å². The number of rotatable bonds is 2. The van der Waals surface area contributed by atoms with Crippen molar-refractivity contribution in [3.63, 3.8) is 0 Å². The van der Waals surface area contributed by atoms with Crippen molar-refractivity contribution in [1.82, 2.24) is 19.8 Å². The molecule has 6 heteroatoms. The van der Waals surface area contributed by atoms with Crippen molar-refractivity contribution in [3.8, 4) is 11.4 Å². The summed E-state index contributed by atoms with van der Waals surface area (Å²) in [4.78, 5) is 2.40. The zero-order chi connectivity index (χ0) is 15.6. The number of anilines is 1. The topological polar surface area (TPSA) is 46.3 Å². The molecule has 1 aliphatic heterocycles. The molecule has 0 amide bonds. The summed E-state index contributed by atoms with van der Waals surface area (Å²) in [6, 6.07) is 14.7. The van der Waals surface area contributed by atoms with Gasteiger partial charge in [0.05, 0.1) is 0 Å². The largest absolute Gasteiger partial charge is 0.352 e. The second kappa shape index (κ2) is 6.20. The predicted octanol–water partition coefficient (Wildman–Crippen LogP) is 3.12. The van der Waals surface area contributed by atoms with E-state index in [1.54, 1.807) is 0 Å². The maximum absolute atomic E-state index is 4.84. The van der Waals surface area contributed by atoms with E-state index >= 15 is 0 Å².